The zero-order valence-corrected chi connectivity index (χ0v) is 16.7. The van der Waals surface area contributed by atoms with Gasteiger partial charge in [0.1, 0.15) is 5.56 Å². The topological polar surface area (TPSA) is 54.3 Å². The quantitative estimate of drug-likeness (QED) is 0.875. The van der Waals surface area contributed by atoms with Crippen molar-refractivity contribution in [1.29, 1.82) is 0 Å². The number of nitrogens with one attached hydrogen (secondary N) is 1. The minimum Gasteiger partial charge on any atom is -0.338 e. The average Bonchev–Trinajstić information content (AvgIpc) is 2.58. The largest absolute Gasteiger partial charge is 0.338 e. The first-order valence-corrected chi connectivity index (χ1v) is 9.87. The minimum atomic E-state index is -0.113. The van der Waals surface area contributed by atoms with E-state index in [0.717, 1.165) is 57.4 Å². The lowest BCUT2D eigenvalue weighted by Crippen LogP contribution is -2.40. The number of pyridine rings is 1. The maximum absolute atomic E-state index is 13.1. The first kappa shape index (κ1) is 21.0. The Labute approximate surface area is 162 Å². The highest BCUT2D eigenvalue weighted by molar-refractivity contribution is 5.95. The van der Waals surface area contributed by atoms with Gasteiger partial charge in [0.15, 0.2) is 0 Å². The Kier molecular flexibility index (Phi) is 8.16. The number of aromatic nitrogens is 1. The second-order valence-electron chi connectivity index (χ2n) is 7.60. The molecule has 5 nitrogen and oxygen atoms in total. The van der Waals surface area contributed by atoms with Crippen LogP contribution < -0.4 is 10.9 Å². The summed E-state index contributed by atoms with van der Waals surface area (Å²) in [6.45, 7) is 6.16. The summed E-state index contributed by atoms with van der Waals surface area (Å²) in [7, 11) is 0. The van der Waals surface area contributed by atoms with Gasteiger partial charge in [0, 0.05) is 25.8 Å². The molecule has 0 bridgehead atoms. The summed E-state index contributed by atoms with van der Waals surface area (Å²) < 4.78 is 1.75. The van der Waals surface area contributed by atoms with Crippen LogP contribution in [0.1, 0.15) is 60.9 Å². The van der Waals surface area contributed by atoms with Gasteiger partial charge in [-0.2, -0.15) is 0 Å². The van der Waals surface area contributed by atoms with Crippen molar-refractivity contribution in [3.63, 3.8) is 0 Å². The SMILES string of the molecule is Cc1ccn(CC2CCCNC2)c(=O)c1C(=O)N1CCCCCCC1.Cl. The minimum absolute atomic E-state index is 0. The summed E-state index contributed by atoms with van der Waals surface area (Å²) in [6, 6.07) is 1.93. The van der Waals surface area contributed by atoms with Gasteiger partial charge < -0.3 is 14.8 Å². The maximum Gasteiger partial charge on any atom is 0.263 e. The van der Waals surface area contributed by atoms with Crippen LogP contribution in [0.25, 0.3) is 0 Å². The van der Waals surface area contributed by atoms with Crippen molar-refractivity contribution in [3.05, 3.63) is 33.7 Å². The van der Waals surface area contributed by atoms with Crippen LogP contribution in [-0.4, -0.2) is 41.6 Å². The highest BCUT2D eigenvalue weighted by Gasteiger charge is 2.23. The number of halogens is 1. The molecule has 0 aromatic carbocycles. The third-order valence-electron chi connectivity index (χ3n) is 5.58. The molecule has 1 atom stereocenters. The average molecular weight is 382 g/mol. The van der Waals surface area contributed by atoms with E-state index in [4.69, 9.17) is 0 Å². The van der Waals surface area contributed by atoms with Crippen molar-refractivity contribution in [2.45, 2.75) is 58.4 Å². The monoisotopic (exact) mass is 381 g/mol. The number of rotatable bonds is 3. The lowest BCUT2D eigenvalue weighted by Gasteiger charge is -2.26. The van der Waals surface area contributed by atoms with E-state index in [-0.39, 0.29) is 23.9 Å². The molecule has 3 heterocycles. The summed E-state index contributed by atoms with van der Waals surface area (Å²) >= 11 is 0. The maximum atomic E-state index is 13.1. The molecule has 2 saturated heterocycles. The molecule has 1 unspecified atom stereocenters. The highest BCUT2D eigenvalue weighted by atomic mass is 35.5. The number of amides is 1. The summed E-state index contributed by atoms with van der Waals surface area (Å²) in [4.78, 5) is 27.9. The van der Waals surface area contributed by atoms with E-state index in [9.17, 15) is 9.59 Å². The summed E-state index contributed by atoms with van der Waals surface area (Å²) in [6.07, 6.45) is 9.85. The van der Waals surface area contributed by atoms with Crippen molar-refractivity contribution in [1.82, 2.24) is 14.8 Å². The molecular formula is C20H32ClN3O2. The molecule has 0 radical (unpaired) electrons. The lowest BCUT2D eigenvalue weighted by atomic mass is 9.99. The molecule has 0 aliphatic carbocycles. The standard InChI is InChI=1S/C20H31N3O2.ClH/c1-16-9-13-23(15-17-8-7-10-21-14-17)20(25)18(16)19(24)22-11-5-3-2-4-6-12-22;/h9,13,17,21H,2-8,10-12,14-15H2,1H3;1H. The van der Waals surface area contributed by atoms with Crippen molar-refractivity contribution in [2.24, 2.45) is 5.92 Å². The Hall–Kier alpha value is -1.33. The Morgan fingerprint density at radius 1 is 1.15 bits per heavy atom. The van der Waals surface area contributed by atoms with E-state index in [0.29, 0.717) is 18.0 Å². The van der Waals surface area contributed by atoms with Gasteiger partial charge in [-0.15, -0.1) is 12.4 Å². The smallest absolute Gasteiger partial charge is 0.263 e. The molecule has 1 N–H and O–H groups in total. The third kappa shape index (κ3) is 5.10. The first-order valence-electron chi connectivity index (χ1n) is 9.87. The molecular weight excluding hydrogens is 350 g/mol. The fourth-order valence-electron chi connectivity index (χ4n) is 4.04. The molecule has 0 saturated carbocycles. The number of hydrogen-bond acceptors (Lipinski definition) is 3. The Morgan fingerprint density at radius 2 is 1.85 bits per heavy atom. The number of nitrogens with zero attached hydrogens (tertiary/aromatic N) is 2. The first-order chi connectivity index (χ1) is 12.2. The molecule has 146 valence electrons. The van der Waals surface area contributed by atoms with Gasteiger partial charge in [-0.1, -0.05) is 19.3 Å². The molecule has 2 fully saturated rings. The van der Waals surface area contributed by atoms with E-state index in [2.05, 4.69) is 5.32 Å². The zero-order valence-electron chi connectivity index (χ0n) is 15.8. The molecule has 1 aromatic heterocycles. The number of aryl methyl sites for hydroxylation is 1. The van der Waals surface area contributed by atoms with Crippen molar-refractivity contribution in [3.8, 4) is 0 Å². The number of carbonyl (C=O) groups excluding carboxylic acids is 1. The molecule has 2 aliphatic heterocycles. The molecule has 26 heavy (non-hydrogen) atoms. The van der Waals surface area contributed by atoms with Crippen molar-refractivity contribution < 1.29 is 4.79 Å². The Balaban J connectivity index is 0.00000243. The predicted molar refractivity (Wildman–Crippen MR) is 107 cm³/mol. The lowest BCUT2D eigenvalue weighted by molar-refractivity contribution is 0.0739. The Morgan fingerprint density at radius 3 is 2.50 bits per heavy atom. The number of likely N-dealkylation sites (tertiary alicyclic amines) is 1. The second-order valence-corrected chi connectivity index (χ2v) is 7.60. The van der Waals surface area contributed by atoms with Crippen molar-refractivity contribution >= 4 is 18.3 Å². The highest BCUT2D eigenvalue weighted by Crippen LogP contribution is 2.15. The van der Waals surface area contributed by atoms with Crippen LogP contribution in [0.15, 0.2) is 17.1 Å². The fourth-order valence-corrected chi connectivity index (χ4v) is 4.04. The van der Waals surface area contributed by atoms with E-state index < -0.39 is 0 Å². The van der Waals surface area contributed by atoms with Crippen LogP contribution >= 0.6 is 12.4 Å². The third-order valence-corrected chi connectivity index (χ3v) is 5.58. The molecule has 0 spiro atoms. The van der Waals surface area contributed by atoms with Gasteiger partial charge in [-0.05, 0) is 63.2 Å². The summed E-state index contributed by atoms with van der Waals surface area (Å²) in [5.41, 5.74) is 1.07. The predicted octanol–water partition coefficient (Wildman–Crippen LogP) is 2.98. The Bertz CT molecular complexity index is 645. The molecule has 1 amide bonds. The van der Waals surface area contributed by atoms with Crippen LogP contribution in [0.5, 0.6) is 0 Å². The molecule has 6 heteroatoms. The van der Waals surface area contributed by atoms with Crippen LogP contribution in [-0.2, 0) is 6.54 Å². The number of hydrogen-bond donors (Lipinski definition) is 1. The zero-order chi connectivity index (χ0) is 17.6. The van der Waals surface area contributed by atoms with Crippen LogP contribution in [0.4, 0.5) is 0 Å². The van der Waals surface area contributed by atoms with Gasteiger partial charge in [0.05, 0.1) is 0 Å². The summed E-state index contributed by atoms with van der Waals surface area (Å²) in [5.74, 6) is 0.402. The second kappa shape index (κ2) is 10.1. The van der Waals surface area contributed by atoms with Crippen LogP contribution in [0.2, 0.25) is 0 Å². The molecule has 3 rings (SSSR count). The van der Waals surface area contributed by atoms with Crippen molar-refractivity contribution in [2.75, 3.05) is 26.2 Å². The van der Waals surface area contributed by atoms with E-state index in [1.165, 1.54) is 19.3 Å². The van der Waals surface area contributed by atoms with Gasteiger partial charge in [-0.3, -0.25) is 9.59 Å². The number of piperidine rings is 1. The fraction of sp³-hybridized carbons (Fsp3) is 0.700. The normalized spacial score (nSPS) is 21.4. The van der Waals surface area contributed by atoms with Crippen LogP contribution in [0.3, 0.4) is 0 Å². The van der Waals surface area contributed by atoms with E-state index in [1.807, 2.05) is 24.1 Å². The summed E-state index contributed by atoms with van der Waals surface area (Å²) in [5, 5.41) is 3.40. The van der Waals surface area contributed by atoms with Gasteiger partial charge >= 0.3 is 0 Å². The van der Waals surface area contributed by atoms with Gasteiger partial charge in [-0.25, -0.2) is 0 Å². The van der Waals surface area contributed by atoms with E-state index in [1.54, 1.807) is 4.57 Å². The van der Waals surface area contributed by atoms with Gasteiger partial charge in [0.25, 0.3) is 11.5 Å². The van der Waals surface area contributed by atoms with E-state index >= 15 is 0 Å². The number of carbonyl (C=O) groups is 1. The molecule has 1 aromatic rings. The van der Waals surface area contributed by atoms with Crippen LogP contribution in [0, 0.1) is 12.8 Å². The molecule has 2 aliphatic rings. The van der Waals surface area contributed by atoms with Gasteiger partial charge in [0.2, 0.25) is 0 Å².